The molecule has 0 aliphatic heterocycles. The lowest BCUT2D eigenvalue weighted by molar-refractivity contribution is 0.0957. The summed E-state index contributed by atoms with van der Waals surface area (Å²) in [6.07, 6.45) is 3.73. The van der Waals surface area contributed by atoms with Crippen molar-refractivity contribution in [2.75, 3.05) is 20.1 Å². The van der Waals surface area contributed by atoms with Crippen LogP contribution in [0.5, 0.6) is 0 Å². The highest BCUT2D eigenvalue weighted by Gasteiger charge is 2.10. The van der Waals surface area contributed by atoms with Gasteiger partial charge in [0.05, 0.1) is 17.7 Å². The summed E-state index contributed by atoms with van der Waals surface area (Å²) in [7, 11) is 1.73. The molecule has 0 radical (unpaired) electrons. The van der Waals surface area contributed by atoms with Crippen LogP contribution in [0.4, 0.5) is 0 Å². The van der Waals surface area contributed by atoms with E-state index in [1.807, 2.05) is 36.0 Å². The Labute approximate surface area is 174 Å². The van der Waals surface area contributed by atoms with Gasteiger partial charge in [-0.3, -0.25) is 14.5 Å². The summed E-state index contributed by atoms with van der Waals surface area (Å²) in [5.74, 6) is 0.587. The SMILES string of the molecule is CN=C(NCCNC(=O)c1scnc1C)NCc1ccccc1Cn1cccn1. The zero-order valence-corrected chi connectivity index (χ0v) is 17.4. The minimum Gasteiger partial charge on any atom is -0.355 e. The second-order valence-electron chi connectivity index (χ2n) is 6.35. The standard InChI is InChI=1S/C20H25N7OS/c1-15-18(29-14-25-15)19(28)22-9-10-23-20(21-2)24-12-16-6-3-4-7-17(16)13-27-11-5-8-26-27/h3-8,11,14H,9-10,12-13H2,1-2H3,(H,22,28)(H2,21,23,24). The van der Waals surface area contributed by atoms with Crippen molar-refractivity contribution in [2.24, 2.45) is 4.99 Å². The maximum absolute atomic E-state index is 12.1. The molecule has 0 atom stereocenters. The molecule has 2 heterocycles. The number of rotatable bonds is 8. The lowest BCUT2D eigenvalue weighted by Crippen LogP contribution is -2.41. The van der Waals surface area contributed by atoms with Crippen molar-refractivity contribution in [3.05, 3.63) is 69.9 Å². The normalized spacial score (nSPS) is 11.3. The Kier molecular flexibility index (Phi) is 7.34. The van der Waals surface area contributed by atoms with Crippen molar-refractivity contribution in [3.63, 3.8) is 0 Å². The van der Waals surface area contributed by atoms with Crippen molar-refractivity contribution >= 4 is 23.2 Å². The van der Waals surface area contributed by atoms with Gasteiger partial charge in [-0.1, -0.05) is 24.3 Å². The van der Waals surface area contributed by atoms with Gasteiger partial charge in [0, 0.05) is 39.1 Å². The first-order chi connectivity index (χ1) is 14.2. The van der Waals surface area contributed by atoms with Crippen LogP contribution in [0, 0.1) is 6.92 Å². The number of benzene rings is 1. The van der Waals surface area contributed by atoms with Crippen LogP contribution >= 0.6 is 11.3 Å². The van der Waals surface area contributed by atoms with E-state index in [4.69, 9.17) is 0 Å². The highest BCUT2D eigenvalue weighted by Crippen LogP contribution is 2.11. The van der Waals surface area contributed by atoms with Crippen molar-refractivity contribution in [1.82, 2.24) is 30.7 Å². The van der Waals surface area contributed by atoms with E-state index in [1.54, 1.807) is 18.8 Å². The number of amides is 1. The van der Waals surface area contributed by atoms with Crippen molar-refractivity contribution < 1.29 is 4.79 Å². The highest BCUT2D eigenvalue weighted by atomic mass is 32.1. The molecule has 3 N–H and O–H groups in total. The van der Waals surface area contributed by atoms with E-state index < -0.39 is 0 Å². The molecule has 0 saturated heterocycles. The van der Waals surface area contributed by atoms with Gasteiger partial charge in [-0.25, -0.2) is 4.98 Å². The predicted octanol–water partition coefficient (Wildman–Crippen LogP) is 1.79. The summed E-state index contributed by atoms with van der Waals surface area (Å²) in [4.78, 5) is 21.1. The third-order valence-electron chi connectivity index (χ3n) is 4.33. The molecule has 3 aromatic rings. The minimum absolute atomic E-state index is 0.0951. The number of hydrogen-bond acceptors (Lipinski definition) is 5. The Balaban J connectivity index is 1.45. The van der Waals surface area contributed by atoms with Crippen molar-refractivity contribution in [2.45, 2.75) is 20.0 Å². The third-order valence-corrected chi connectivity index (χ3v) is 5.26. The predicted molar refractivity (Wildman–Crippen MR) is 115 cm³/mol. The first kappa shape index (κ1) is 20.5. The van der Waals surface area contributed by atoms with Crippen LogP contribution in [-0.2, 0) is 13.1 Å². The average Bonchev–Trinajstić information content (AvgIpc) is 3.40. The molecular weight excluding hydrogens is 386 g/mol. The maximum atomic E-state index is 12.1. The molecule has 0 unspecified atom stereocenters. The van der Waals surface area contributed by atoms with Gasteiger partial charge in [0.25, 0.3) is 5.91 Å². The number of guanidine groups is 1. The zero-order chi connectivity index (χ0) is 20.5. The Hall–Kier alpha value is -3.20. The van der Waals surface area contributed by atoms with Crippen LogP contribution in [0.25, 0.3) is 0 Å². The van der Waals surface area contributed by atoms with E-state index >= 15 is 0 Å². The Morgan fingerprint density at radius 1 is 1.14 bits per heavy atom. The number of nitrogens with zero attached hydrogens (tertiary/aromatic N) is 4. The van der Waals surface area contributed by atoms with Crippen LogP contribution in [-0.4, -0.2) is 46.8 Å². The van der Waals surface area contributed by atoms with Gasteiger partial charge in [-0.05, 0) is 24.1 Å². The van der Waals surface area contributed by atoms with Crippen LogP contribution in [0.2, 0.25) is 0 Å². The number of aromatic nitrogens is 3. The number of carbonyl (C=O) groups excluding carboxylic acids is 1. The maximum Gasteiger partial charge on any atom is 0.263 e. The molecule has 2 aromatic heterocycles. The van der Waals surface area contributed by atoms with Gasteiger partial charge in [0.15, 0.2) is 5.96 Å². The van der Waals surface area contributed by atoms with E-state index in [0.29, 0.717) is 30.5 Å². The Bertz CT molecular complexity index is 949. The van der Waals surface area contributed by atoms with Crippen molar-refractivity contribution in [1.29, 1.82) is 0 Å². The lowest BCUT2D eigenvalue weighted by atomic mass is 10.1. The molecule has 9 heteroatoms. The van der Waals surface area contributed by atoms with Gasteiger partial charge in [0.2, 0.25) is 0 Å². The summed E-state index contributed by atoms with van der Waals surface area (Å²) in [6, 6.07) is 10.2. The monoisotopic (exact) mass is 411 g/mol. The average molecular weight is 412 g/mol. The molecule has 3 rings (SSSR count). The zero-order valence-electron chi connectivity index (χ0n) is 16.6. The second-order valence-corrected chi connectivity index (χ2v) is 7.20. The number of carbonyl (C=O) groups is 1. The molecular formula is C20H25N7OS. The van der Waals surface area contributed by atoms with E-state index in [9.17, 15) is 4.79 Å². The molecule has 0 bridgehead atoms. The highest BCUT2D eigenvalue weighted by molar-refractivity contribution is 7.11. The summed E-state index contributed by atoms with van der Waals surface area (Å²) in [5.41, 5.74) is 4.82. The van der Waals surface area contributed by atoms with E-state index in [-0.39, 0.29) is 5.91 Å². The number of hydrogen-bond donors (Lipinski definition) is 3. The summed E-state index contributed by atoms with van der Waals surface area (Å²) in [5, 5.41) is 13.7. The summed E-state index contributed by atoms with van der Waals surface area (Å²) in [6.45, 7) is 4.26. The van der Waals surface area contributed by atoms with Crippen LogP contribution in [0.1, 0.15) is 26.5 Å². The molecule has 1 amide bonds. The fourth-order valence-electron chi connectivity index (χ4n) is 2.81. The molecule has 0 saturated carbocycles. The molecule has 0 fully saturated rings. The Morgan fingerprint density at radius 2 is 1.93 bits per heavy atom. The summed E-state index contributed by atoms with van der Waals surface area (Å²) >= 11 is 1.35. The fraction of sp³-hybridized carbons (Fsp3) is 0.300. The Morgan fingerprint density at radius 3 is 2.62 bits per heavy atom. The van der Waals surface area contributed by atoms with Crippen molar-refractivity contribution in [3.8, 4) is 0 Å². The van der Waals surface area contributed by atoms with Gasteiger partial charge in [-0.15, -0.1) is 11.3 Å². The van der Waals surface area contributed by atoms with Crippen LogP contribution < -0.4 is 16.0 Å². The number of nitrogens with one attached hydrogen (secondary N) is 3. The minimum atomic E-state index is -0.0951. The van der Waals surface area contributed by atoms with Crippen LogP contribution in [0.15, 0.2) is 53.2 Å². The van der Waals surface area contributed by atoms with Gasteiger partial charge < -0.3 is 16.0 Å². The van der Waals surface area contributed by atoms with E-state index in [1.165, 1.54) is 22.5 Å². The summed E-state index contributed by atoms with van der Waals surface area (Å²) < 4.78 is 1.90. The molecule has 8 nitrogen and oxygen atoms in total. The third kappa shape index (κ3) is 5.89. The number of aryl methyl sites for hydroxylation is 1. The molecule has 0 aliphatic carbocycles. The molecule has 1 aromatic carbocycles. The molecule has 29 heavy (non-hydrogen) atoms. The van der Waals surface area contributed by atoms with Gasteiger partial charge in [-0.2, -0.15) is 5.10 Å². The van der Waals surface area contributed by atoms with Crippen LogP contribution in [0.3, 0.4) is 0 Å². The fourth-order valence-corrected chi connectivity index (χ4v) is 3.53. The first-order valence-electron chi connectivity index (χ1n) is 9.34. The topological polar surface area (TPSA) is 96.2 Å². The van der Waals surface area contributed by atoms with Gasteiger partial charge >= 0.3 is 0 Å². The molecule has 0 aliphatic rings. The van der Waals surface area contributed by atoms with E-state index in [2.05, 4.69) is 43.2 Å². The number of thiazole rings is 1. The first-order valence-corrected chi connectivity index (χ1v) is 10.2. The largest absolute Gasteiger partial charge is 0.355 e. The molecule has 152 valence electrons. The lowest BCUT2D eigenvalue weighted by Gasteiger charge is -2.14. The molecule has 0 spiro atoms. The van der Waals surface area contributed by atoms with Gasteiger partial charge in [0.1, 0.15) is 4.88 Å². The quantitative estimate of drug-likeness (QED) is 0.298. The second kappa shape index (κ2) is 10.4. The smallest absolute Gasteiger partial charge is 0.263 e. The number of aliphatic imine (C=N–C) groups is 1. The van der Waals surface area contributed by atoms with E-state index in [0.717, 1.165) is 12.2 Å².